The Bertz CT molecular complexity index is 154. The minimum absolute atomic E-state index is 0.0814. The average molecular weight is 189 g/mol. The van der Waals surface area contributed by atoms with Crippen molar-refractivity contribution in [1.82, 2.24) is 4.90 Å². The van der Waals surface area contributed by atoms with Crippen molar-refractivity contribution in [1.29, 1.82) is 0 Å². The van der Waals surface area contributed by atoms with Crippen LogP contribution in [0.25, 0.3) is 0 Å². The van der Waals surface area contributed by atoms with Gasteiger partial charge in [-0.1, -0.05) is 13.3 Å². The second-order valence-corrected chi connectivity index (χ2v) is 3.66. The maximum atomic E-state index is 9.48. The van der Waals surface area contributed by atoms with E-state index in [0.717, 1.165) is 19.4 Å². The van der Waals surface area contributed by atoms with Crippen LogP contribution in [0, 0.1) is 0 Å². The molecule has 3 N–H and O–H groups in total. The van der Waals surface area contributed by atoms with Crippen LogP contribution in [-0.4, -0.2) is 58.2 Å². The van der Waals surface area contributed by atoms with Crippen LogP contribution in [0.4, 0.5) is 0 Å². The van der Waals surface area contributed by atoms with Gasteiger partial charge in [-0.2, -0.15) is 0 Å². The zero-order valence-electron chi connectivity index (χ0n) is 8.06. The summed E-state index contributed by atoms with van der Waals surface area (Å²) in [5, 5.41) is 27.9. The van der Waals surface area contributed by atoms with Gasteiger partial charge in [-0.25, -0.2) is 0 Å². The van der Waals surface area contributed by atoms with Crippen LogP contribution in [0.5, 0.6) is 0 Å². The first-order valence-electron chi connectivity index (χ1n) is 4.91. The Balaban J connectivity index is 2.44. The van der Waals surface area contributed by atoms with Crippen molar-refractivity contribution >= 4 is 0 Å². The summed E-state index contributed by atoms with van der Waals surface area (Å²) < 4.78 is 0. The summed E-state index contributed by atoms with van der Waals surface area (Å²) in [5.74, 6) is 0. The van der Waals surface area contributed by atoms with Crippen molar-refractivity contribution in [3.8, 4) is 0 Å². The van der Waals surface area contributed by atoms with Crippen LogP contribution in [0.2, 0.25) is 0 Å². The zero-order valence-corrected chi connectivity index (χ0v) is 8.06. The molecule has 0 spiro atoms. The van der Waals surface area contributed by atoms with Gasteiger partial charge in [-0.3, -0.25) is 4.90 Å². The lowest BCUT2D eigenvalue weighted by molar-refractivity contribution is 0.0216. The molecule has 1 aliphatic rings. The second kappa shape index (κ2) is 4.91. The number of unbranched alkanes of at least 4 members (excludes halogenated alkanes) is 1. The minimum Gasteiger partial charge on any atom is -0.395 e. The standard InChI is InChI=1S/C9H19NO3/c1-2-3-4-10-5-8(12)9(13)7(10)6-11/h7-9,11-13H,2-6H2,1H3/t7-,8+,9+/m0/s1. The molecule has 0 aromatic rings. The van der Waals surface area contributed by atoms with Gasteiger partial charge < -0.3 is 15.3 Å². The largest absolute Gasteiger partial charge is 0.395 e. The lowest BCUT2D eigenvalue weighted by Crippen LogP contribution is -2.39. The molecule has 0 aromatic carbocycles. The number of hydrogen-bond donors (Lipinski definition) is 3. The van der Waals surface area contributed by atoms with Gasteiger partial charge in [0.05, 0.1) is 24.9 Å². The number of nitrogens with zero attached hydrogens (tertiary/aromatic N) is 1. The average Bonchev–Trinajstić information content (AvgIpc) is 2.39. The summed E-state index contributed by atoms with van der Waals surface area (Å²) in [4.78, 5) is 1.96. The number of aliphatic hydroxyl groups excluding tert-OH is 3. The highest BCUT2D eigenvalue weighted by atomic mass is 16.3. The maximum Gasteiger partial charge on any atom is 0.0988 e. The molecule has 0 saturated carbocycles. The molecule has 0 aromatic heterocycles. The third kappa shape index (κ3) is 2.40. The molecule has 0 aliphatic carbocycles. The number of likely N-dealkylation sites (tertiary alicyclic amines) is 1. The monoisotopic (exact) mass is 189 g/mol. The topological polar surface area (TPSA) is 63.9 Å². The van der Waals surface area contributed by atoms with Crippen molar-refractivity contribution in [2.45, 2.75) is 38.0 Å². The fraction of sp³-hybridized carbons (Fsp3) is 1.00. The van der Waals surface area contributed by atoms with Gasteiger partial charge in [0, 0.05) is 6.54 Å². The van der Waals surface area contributed by atoms with Gasteiger partial charge in [-0.05, 0) is 13.0 Å². The maximum absolute atomic E-state index is 9.48. The van der Waals surface area contributed by atoms with Gasteiger partial charge in [0.1, 0.15) is 0 Å². The number of β-amino-alcohol motifs (C(OH)–C–C–N with tert-alkyl or cyclic N) is 1. The van der Waals surface area contributed by atoms with Crippen LogP contribution in [0.3, 0.4) is 0 Å². The molecule has 1 saturated heterocycles. The Morgan fingerprint density at radius 1 is 1.38 bits per heavy atom. The first-order chi connectivity index (χ1) is 6.20. The van der Waals surface area contributed by atoms with Gasteiger partial charge in [0.15, 0.2) is 0 Å². The van der Waals surface area contributed by atoms with Crippen molar-refractivity contribution < 1.29 is 15.3 Å². The smallest absolute Gasteiger partial charge is 0.0988 e. The molecule has 1 aliphatic heterocycles. The van der Waals surface area contributed by atoms with Crippen LogP contribution in [0.15, 0.2) is 0 Å². The van der Waals surface area contributed by atoms with E-state index < -0.39 is 12.2 Å². The predicted molar refractivity (Wildman–Crippen MR) is 49.4 cm³/mol. The first-order valence-corrected chi connectivity index (χ1v) is 4.91. The van der Waals surface area contributed by atoms with Crippen molar-refractivity contribution in [2.24, 2.45) is 0 Å². The third-order valence-electron chi connectivity index (χ3n) is 2.66. The lowest BCUT2D eigenvalue weighted by atomic mass is 10.1. The Kier molecular flexibility index (Phi) is 4.12. The van der Waals surface area contributed by atoms with E-state index in [2.05, 4.69) is 6.92 Å². The van der Waals surface area contributed by atoms with Crippen molar-refractivity contribution in [2.75, 3.05) is 19.7 Å². The molecule has 4 heteroatoms. The van der Waals surface area contributed by atoms with E-state index in [-0.39, 0.29) is 12.6 Å². The van der Waals surface area contributed by atoms with Gasteiger partial charge in [-0.15, -0.1) is 0 Å². The molecule has 0 amide bonds. The molecular formula is C9H19NO3. The predicted octanol–water partition coefficient (Wildman–Crippen LogP) is -0.815. The Morgan fingerprint density at radius 2 is 2.08 bits per heavy atom. The van der Waals surface area contributed by atoms with Crippen molar-refractivity contribution in [3.05, 3.63) is 0 Å². The van der Waals surface area contributed by atoms with E-state index in [4.69, 9.17) is 5.11 Å². The molecule has 0 bridgehead atoms. The van der Waals surface area contributed by atoms with Crippen LogP contribution >= 0.6 is 0 Å². The van der Waals surface area contributed by atoms with E-state index in [1.807, 2.05) is 4.90 Å². The summed E-state index contributed by atoms with van der Waals surface area (Å²) in [6, 6.07) is -0.276. The fourth-order valence-corrected chi connectivity index (χ4v) is 1.80. The van der Waals surface area contributed by atoms with Crippen LogP contribution < -0.4 is 0 Å². The summed E-state index contributed by atoms with van der Waals surface area (Å²) in [6.07, 6.45) is 0.632. The van der Waals surface area contributed by atoms with Gasteiger partial charge in [0.25, 0.3) is 0 Å². The molecule has 4 nitrogen and oxygen atoms in total. The lowest BCUT2D eigenvalue weighted by Gasteiger charge is -2.23. The van der Waals surface area contributed by atoms with Gasteiger partial charge in [0.2, 0.25) is 0 Å². The van der Waals surface area contributed by atoms with Crippen molar-refractivity contribution in [3.63, 3.8) is 0 Å². The second-order valence-electron chi connectivity index (χ2n) is 3.66. The van der Waals surface area contributed by atoms with E-state index in [1.165, 1.54) is 0 Å². The molecule has 13 heavy (non-hydrogen) atoms. The molecule has 0 unspecified atom stereocenters. The fourth-order valence-electron chi connectivity index (χ4n) is 1.80. The zero-order chi connectivity index (χ0) is 9.84. The molecule has 3 atom stereocenters. The SMILES string of the molecule is CCCCN1C[C@@H](O)[C@H](O)[C@@H]1CO. The molecule has 1 heterocycles. The van der Waals surface area contributed by atoms with Gasteiger partial charge >= 0.3 is 0 Å². The van der Waals surface area contributed by atoms with E-state index >= 15 is 0 Å². The summed E-state index contributed by atoms with van der Waals surface area (Å²) in [5.41, 5.74) is 0. The first kappa shape index (κ1) is 10.9. The van der Waals surface area contributed by atoms with Crippen LogP contribution in [0.1, 0.15) is 19.8 Å². The number of hydrogen-bond acceptors (Lipinski definition) is 4. The molecular weight excluding hydrogens is 170 g/mol. The van der Waals surface area contributed by atoms with E-state index in [0.29, 0.717) is 6.54 Å². The molecule has 1 fully saturated rings. The highest BCUT2D eigenvalue weighted by molar-refractivity contribution is 4.92. The van der Waals surface area contributed by atoms with Crippen LogP contribution in [-0.2, 0) is 0 Å². The molecule has 1 rings (SSSR count). The number of rotatable bonds is 4. The molecule has 0 radical (unpaired) electrons. The Morgan fingerprint density at radius 3 is 2.62 bits per heavy atom. The minimum atomic E-state index is -0.790. The van der Waals surface area contributed by atoms with E-state index in [1.54, 1.807) is 0 Å². The summed E-state index contributed by atoms with van der Waals surface area (Å²) >= 11 is 0. The Hall–Kier alpha value is -0.160. The summed E-state index contributed by atoms with van der Waals surface area (Å²) in [6.45, 7) is 3.33. The molecule has 78 valence electrons. The summed E-state index contributed by atoms with van der Waals surface area (Å²) in [7, 11) is 0. The normalized spacial score (nSPS) is 35.5. The Labute approximate surface area is 78.8 Å². The highest BCUT2D eigenvalue weighted by Gasteiger charge is 2.38. The van der Waals surface area contributed by atoms with E-state index in [9.17, 15) is 10.2 Å². The third-order valence-corrected chi connectivity index (χ3v) is 2.66. The number of aliphatic hydroxyl groups is 3. The highest BCUT2D eigenvalue weighted by Crippen LogP contribution is 2.18. The quantitative estimate of drug-likeness (QED) is 0.541.